The van der Waals surface area contributed by atoms with Crippen LogP contribution in [0.4, 0.5) is 0 Å². The summed E-state index contributed by atoms with van der Waals surface area (Å²) < 4.78 is 12.3. The largest absolute Gasteiger partial charge is 0.457 e. The van der Waals surface area contributed by atoms with Crippen LogP contribution < -0.4 is 9.47 Å². The van der Waals surface area contributed by atoms with E-state index in [1.54, 1.807) is 36.4 Å². The zero-order chi connectivity index (χ0) is 41.6. The number of ether oxygens (including phenoxy) is 2. The predicted molar refractivity (Wildman–Crippen MR) is 228 cm³/mol. The van der Waals surface area contributed by atoms with E-state index in [9.17, 15) is 19.2 Å². The molecule has 298 valence electrons. The molecule has 0 saturated heterocycles. The molecule has 0 aromatic heterocycles. The average molecular weight is 776 g/mol. The van der Waals surface area contributed by atoms with Crippen LogP contribution in [0.3, 0.4) is 0 Å². The normalized spacial score (nSPS) is 15.5. The lowest BCUT2D eigenvalue weighted by atomic mass is 9.72. The molecule has 0 bridgehead atoms. The summed E-state index contributed by atoms with van der Waals surface area (Å²) in [5.41, 5.74) is 5.49. The quantitative estimate of drug-likeness (QED) is 0.0824. The van der Waals surface area contributed by atoms with Crippen LogP contribution in [0.2, 0.25) is 0 Å². The van der Waals surface area contributed by atoms with Gasteiger partial charge in [-0.3, -0.25) is 24.1 Å². The lowest BCUT2D eigenvalue weighted by Gasteiger charge is -2.34. The third kappa shape index (κ3) is 8.13. The monoisotopic (exact) mass is 775 g/mol. The third-order valence-electron chi connectivity index (χ3n) is 12.1. The highest BCUT2D eigenvalue weighted by Crippen LogP contribution is 2.41. The summed E-state index contributed by atoms with van der Waals surface area (Å²) in [6.07, 6.45) is 3.90. The number of nitrogens with zero attached hydrogens (tertiary/aromatic N) is 1. The maximum absolute atomic E-state index is 13.4. The molecule has 7 rings (SSSR count). The molecule has 1 atom stereocenters. The van der Waals surface area contributed by atoms with Gasteiger partial charge in [-0.05, 0) is 114 Å². The maximum atomic E-state index is 13.4. The number of carbonyl (C=O) groups excluding carboxylic acids is 4. The summed E-state index contributed by atoms with van der Waals surface area (Å²) in [6.45, 7) is 18.0. The highest BCUT2D eigenvalue weighted by atomic mass is 16.5. The van der Waals surface area contributed by atoms with Crippen molar-refractivity contribution in [3.63, 3.8) is 0 Å². The summed E-state index contributed by atoms with van der Waals surface area (Å²) in [5, 5.41) is 0. The molecule has 1 heterocycles. The Labute approximate surface area is 342 Å². The van der Waals surface area contributed by atoms with Crippen LogP contribution in [-0.2, 0) is 5.41 Å². The summed E-state index contributed by atoms with van der Waals surface area (Å²) in [5.74, 6) is 0.505. The zero-order valence-corrected chi connectivity index (χ0v) is 34.9. The van der Waals surface area contributed by atoms with E-state index in [2.05, 4.69) is 48.5 Å². The van der Waals surface area contributed by atoms with Crippen molar-refractivity contribution < 1.29 is 28.7 Å². The minimum absolute atomic E-state index is 0.121. The van der Waals surface area contributed by atoms with Crippen LogP contribution in [0.1, 0.15) is 144 Å². The number of imide groups is 1. The lowest BCUT2D eigenvalue weighted by Crippen LogP contribution is -2.32. The fourth-order valence-electron chi connectivity index (χ4n) is 8.67. The van der Waals surface area contributed by atoms with Crippen LogP contribution in [0.25, 0.3) is 0 Å². The molecular weight excluding hydrogens is 723 g/mol. The molecule has 7 heteroatoms. The van der Waals surface area contributed by atoms with E-state index in [4.69, 9.17) is 9.47 Å². The van der Waals surface area contributed by atoms with Crippen molar-refractivity contribution in [3.8, 4) is 23.0 Å². The average Bonchev–Trinajstić information content (AvgIpc) is 3.57. The third-order valence-corrected chi connectivity index (χ3v) is 12.1. The molecular formula is C51H53NO6. The number of fused-ring (bicyclic) bond motifs is 2. The van der Waals surface area contributed by atoms with Crippen LogP contribution in [0, 0.1) is 17.8 Å². The second-order valence-corrected chi connectivity index (χ2v) is 18.1. The number of hydrogen-bond donors (Lipinski definition) is 0. The van der Waals surface area contributed by atoms with E-state index in [1.165, 1.54) is 4.90 Å². The van der Waals surface area contributed by atoms with Gasteiger partial charge in [-0.2, -0.15) is 0 Å². The van der Waals surface area contributed by atoms with Crippen molar-refractivity contribution in [1.82, 2.24) is 4.90 Å². The van der Waals surface area contributed by atoms with Gasteiger partial charge in [-0.1, -0.05) is 109 Å². The number of amides is 2. The Bertz CT molecular complexity index is 2400. The zero-order valence-electron chi connectivity index (χ0n) is 34.9. The van der Waals surface area contributed by atoms with Gasteiger partial charge in [0.1, 0.15) is 28.9 Å². The van der Waals surface area contributed by atoms with Gasteiger partial charge in [0.15, 0.2) is 11.6 Å². The molecule has 5 aromatic rings. The number of carbonyl (C=O) groups is 4. The molecule has 1 aliphatic carbocycles. The Morgan fingerprint density at radius 2 is 1.09 bits per heavy atom. The smallest absolute Gasteiger partial charge is 0.261 e. The van der Waals surface area contributed by atoms with Crippen molar-refractivity contribution >= 4 is 23.4 Å². The van der Waals surface area contributed by atoms with E-state index >= 15 is 0 Å². The molecule has 0 fully saturated rings. The highest BCUT2D eigenvalue weighted by molar-refractivity contribution is 6.29. The van der Waals surface area contributed by atoms with Gasteiger partial charge in [-0.25, -0.2) is 0 Å². The van der Waals surface area contributed by atoms with Crippen molar-refractivity contribution in [2.75, 3.05) is 6.54 Å². The molecule has 58 heavy (non-hydrogen) atoms. The van der Waals surface area contributed by atoms with Crippen LogP contribution in [-0.4, -0.2) is 34.8 Å². The molecule has 1 unspecified atom stereocenters. The lowest BCUT2D eigenvalue weighted by molar-refractivity contribution is 0.0640. The maximum Gasteiger partial charge on any atom is 0.261 e. The first-order valence-electron chi connectivity index (χ1n) is 20.3. The van der Waals surface area contributed by atoms with Crippen molar-refractivity contribution in [3.05, 3.63) is 154 Å². The first-order chi connectivity index (χ1) is 27.5. The Morgan fingerprint density at radius 3 is 1.66 bits per heavy atom. The second kappa shape index (κ2) is 15.5. The van der Waals surface area contributed by atoms with E-state index < -0.39 is 5.92 Å². The Morgan fingerprint density at radius 1 is 0.569 bits per heavy atom. The molecule has 5 aromatic carbocycles. The molecule has 0 spiro atoms. The SMILES string of the molecule is CCC(C)(C)CC(C)(C)CCCN1C(=O)c2ccc(Oc3ccc(C(C)(C)c4ccc(Oc5ccc6c(c5)C(=O)C(c5cccc(C)c5)C6=O)cc4)cc3)cc2C1=O. The topological polar surface area (TPSA) is 90.0 Å². The molecule has 2 amide bonds. The Hall–Kier alpha value is -5.82. The molecule has 1 aliphatic heterocycles. The van der Waals surface area contributed by atoms with E-state index in [-0.39, 0.29) is 39.6 Å². The first-order valence-corrected chi connectivity index (χ1v) is 20.3. The Kier molecular flexibility index (Phi) is 10.8. The molecule has 2 aliphatic rings. The Balaban J connectivity index is 0.966. The van der Waals surface area contributed by atoms with E-state index in [0.29, 0.717) is 57.4 Å². The molecule has 0 radical (unpaired) electrons. The molecule has 0 N–H and O–H groups in total. The van der Waals surface area contributed by atoms with E-state index in [1.807, 2.05) is 79.7 Å². The minimum Gasteiger partial charge on any atom is -0.457 e. The number of benzene rings is 5. The fraction of sp³-hybridized carbons (Fsp3) is 0.333. The summed E-state index contributed by atoms with van der Waals surface area (Å²) in [4.78, 5) is 54.6. The van der Waals surface area contributed by atoms with Gasteiger partial charge in [0.25, 0.3) is 11.8 Å². The number of ketones is 2. The number of rotatable bonds is 14. The van der Waals surface area contributed by atoms with Crippen LogP contribution in [0.5, 0.6) is 23.0 Å². The second-order valence-electron chi connectivity index (χ2n) is 18.1. The van der Waals surface area contributed by atoms with Gasteiger partial charge in [0.2, 0.25) is 0 Å². The van der Waals surface area contributed by atoms with Crippen molar-refractivity contribution in [1.29, 1.82) is 0 Å². The number of hydrogen-bond acceptors (Lipinski definition) is 6. The number of aryl methyl sites for hydroxylation is 1. The van der Waals surface area contributed by atoms with Gasteiger partial charge in [-0.15, -0.1) is 0 Å². The number of Topliss-reactive ketones (excluding diaryl/α,β-unsaturated/α-hetero) is 2. The first kappa shape index (κ1) is 40.4. The molecule has 0 saturated carbocycles. The molecule has 7 nitrogen and oxygen atoms in total. The van der Waals surface area contributed by atoms with Crippen molar-refractivity contribution in [2.45, 2.75) is 92.4 Å². The fourth-order valence-corrected chi connectivity index (χ4v) is 8.67. The predicted octanol–water partition coefficient (Wildman–Crippen LogP) is 12.3. The van der Waals surface area contributed by atoms with Gasteiger partial charge >= 0.3 is 0 Å². The van der Waals surface area contributed by atoms with Crippen molar-refractivity contribution in [2.24, 2.45) is 10.8 Å². The van der Waals surface area contributed by atoms with Gasteiger partial charge < -0.3 is 9.47 Å². The highest BCUT2D eigenvalue weighted by Gasteiger charge is 2.40. The minimum atomic E-state index is -0.823. The van der Waals surface area contributed by atoms with Gasteiger partial charge in [0, 0.05) is 23.1 Å². The summed E-state index contributed by atoms with van der Waals surface area (Å²) in [7, 11) is 0. The summed E-state index contributed by atoms with van der Waals surface area (Å²) in [6, 6.07) is 33.5. The van der Waals surface area contributed by atoms with Gasteiger partial charge in [0.05, 0.1) is 11.1 Å². The summed E-state index contributed by atoms with van der Waals surface area (Å²) >= 11 is 0. The van der Waals surface area contributed by atoms with Crippen LogP contribution in [0.15, 0.2) is 109 Å². The van der Waals surface area contributed by atoms with E-state index in [0.717, 1.165) is 42.4 Å². The standard InChI is InChI=1S/C51H53NO6/c1-9-49(3,4)31-50(5,6)26-11-27-52-47(55)41-25-23-39(30-43(41)48(52)56)58-37-20-16-35(17-21-37)51(7,8)34-14-18-36(19-15-34)57-38-22-24-40-42(29-38)46(54)44(45(40)53)33-13-10-12-32(2)28-33/h10,12-25,28-30,44H,9,11,26-27,31H2,1-8H3. The van der Waals surface area contributed by atoms with Crippen LogP contribution >= 0.6 is 0 Å².